The van der Waals surface area contributed by atoms with Crippen molar-refractivity contribution in [3.05, 3.63) is 30.1 Å². The van der Waals surface area contributed by atoms with E-state index in [2.05, 4.69) is 4.98 Å². The lowest BCUT2D eigenvalue weighted by molar-refractivity contribution is -0.0782. The third kappa shape index (κ3) is 2.09. The number of ether oxygens (including phenoxy) is 1. The molecule has 0 aromatic carbocycles. The van der Waals surface area contributed by atoms with E-state index in [-0.39, 0.29) is 5.41 Å². The third-order valence-electron chi connectivity index (χ3n) is 3.36. The second-order valence-corrected chi connectivity index (χ2v) is 4.41. The van der Waals surface area contributed by atoms with Gasteiger partial charge in [-0.25, -0.2) is 0 Å². The van der Waals surface area contributed by atoms with Crippen molar-refractivity contribution in [1.29, 1.82) is 0 Å². The van der Waals surface area contributed by atoms with Crippen molar-refractivity contribution >= 4 is 0 Å². The lowest BCUT2D eigenvalue weighted by Gasteiger charge is -2.40. The highest BCUT2D eigenvalue weighted by molar-refractivity contribution is 5.17. The van der Waals surface area contributed by atoms with E-state index in [0.29, 0.717) is 13.2 Å². The topological polar surface area (TPSA) is 68.4 Å². The average Bonchev–Trinajstić information content (AvgIpc) is 2.39. The van der Waals surface area contributed by atoms with Crippen LogP contribution in [0.4, 0.5) is 0 Å². The first-order chi connectivity index (χ1) is 7.78. The molecule has 1 aromatic rings. The van der Waals surface area contributed by atoms with Crippen LogP contribution in [0.25, 0.3) is 0 Å². The van der Waals surface area contributed by atoms with Gasteiger partial charge in [0.05, 0.1) is 12.7 Å². The number of aromatic nitrogens is 1. The second-order valence-electron chi connectivity index (χ2n) is 4.41. The minimum Gasteiger partial charge on any atom is -0.388 e. The van der Waals surface area contributed by atoms with Gasteiger partial charge in [0.1, 0.15) is 0 Å². The summed E-state index contributed by atoms with van der Waals surface area (Å²) in [6.45, 7) is 1.74. The van der Waals surface area contributed by atoms with Crippen LogP contribution in [0.15, 0.2) is 24.5 Å². The van der Waals surface area contributed by atoms with E-state index in [0.717, 1.165) is 25.0 Å². The Morgan fingerprint density at radius 1 is 1.50 bits per heavy atom. The van der Waals surface area contributed by atoms with E-state index in [9.17, 15) is 5.11 Å². The van der Waals surface area contributed by atoms with Gasteiger partial charge in [0.2, 0.25) is 0 Å². The number of nitrogens with zero attached hydrogens (tertiary/aromatic N) is 1. The van der Waals surface area contributed by atoms with Crippen molar-refractivity contribution in [2.75, 3.05) is 19.8 Å². The lowest BCUT2D eigenvalue weighted by Crippen LogP contribution is -2.43. The maximum atomic E-state index is 10.4. The molecule has 4 heteroatoms. The summed E-state index contributed by atoms with van der Waals surface area (Å²) in [7, 11) is 0. The maximum absolute atomic E-state index is 10.4. The van der Waals surface area contributed by atoms with Gasteiger partial charge in [0.25, 0.3) is 0 Å². The smallest absolute Gasteiger partial charge is 0.0881 e. The van der Waals surface area contributed by atoms with Crippen LogP contribution in [0, 0.1) is 5.41 Å². The zero-order valence-corrected chi connectivity index (χ0v) is 9.30. The van der Waals surface area contributed by atoms with Crippen molar-refractivity contribution in [1.82, 2.24) is 4.98 Å². The van der Waals surface area contributed by atoms with Crippen molar-refractivity contribution in [3.63, 3.8) is 0 Å². The molecular formula is C12H18N2O2. The molecule has 0 aliphatic carbocycles. The molecule has 0 amide bonds. The highest BCUT2D eigenvalue weighted by Gasteiger charge is 2.39. The second kappa shape index (κ2) is 4.91. The van der Waals surface area contributed by atoms with Crippen molar-refractivity contribution in [2.24, 2.45) is 11.1 Å². The van der Waals surface area contributed by atoms with Crippen LogP contribution < -0.4 is 5.73 Å². The number of hydrogen-bond donors (Lipinski definition) is 2. The molecule has 2 rings (SSSR count). The van der Waals surface area contributed by atoms with Crippen LogP contribution in [-0.4, -0.2) is 29.8 Å². The fraction of sp³-hybridized carbons (Fsp3) is 0.583. The molecule has 0 radical (unpaired) electrons. The SMILES string of the molecule is NCC1(C(O)c2ccncc2)CCCOC1. The molecule has 1 saturated heterocycles. The molecule has 1 aliphatic rings. The predicted molar refractivity (Wildman–Crippen MR) is 60.7 cm³/mol. The maximum Gasteiger partial charge on any atom is 0.0881 e. The Hall–Kier alpha value is -0.970. The molecule has 0 saturated carbocycles. The highest BCUT2D eigenvalue weighted by Crippen LogP contribution is 2.39. The number of pyridine rings is 1. The van der Waals surface area contributed by atoms with Crippen LogP contribution in [0.3, 0.4) is 0 Å². The zero-order valence-electron chi connectivity index (χ0n) is 9.30. The normalized spacial score (nSPS) is 27.6. The van der Waals surface area contributed by atoms with Crippen molar-refractivity contribution < 1.29 is 9.84 Å². The van der Waals surface area contributed by atoms with E-state index >= 15 is 0 Å². The van der Waals surface area contributed by atoms with Crippen LogP contribution in [0.5, 0.6) is 0 Å². The summed E-state index contributed by atoms with van der Waals surface area (Å²) in [5, 5.41) is 10.4. The number of hydrogen-bond acceptors (Lipinski definition) is 4. The monoisotopic (exact) mass is 222 g/mol. The molecule has 1 fully saturated rings. The van der Waals surface area contributed by atoms with Crippen molar-refractivity contribution in [3.8, 4) is 0 Å². The zero-order chi connectivity index (χ0) is 11.4. The Balaban J connectivity index is 2.20. The van der Waals surface area contributed by atoms with Crippen LogP contribution >= 0.6 is 0 Å². The van der Waals surface area contributed by atoms with Gasteiger partial charge in [-0.3, -0.25) is 4.98 Å². The molecule has 1 aromatic heterocycles. The van der Waals surface area contributed by atoms with Gasteiger partial charge < -0.3 is 15.6 Å². The Morgan fingerprint density at radius 3 is 2.81 bits per heavy atom. The van der Waals surface area contributed by atoms with E-state index < -0.39 is 6.10 Å². The van der Waals surface area contributed by atoms with Gasteiger partial charge in [-0.05, 0) is 30.5 Å². The lowest BCUT2D eigenvalue weighted by atomic mass is 9.75. The fourth-order valence-corrected chi connectivity index (χ4v) is 2.26. The van der Waals surface area contributed by atoms with Gasteiger partial charge in [-0.2, -0.15) is 0 Å². The summed E-state index contributed by atoms with van der Waals surface area (Å²) in [4.78, 5) is 3.95. The predicted octanol–water partition coefficient (Wildman–Crippen LogP) is 0.870. The summed E-state index contributed by atoms with van der Waals surface area (Å²) < 4.78 is 5.46. The molecule has 2 heterocycles. The Kier molecular flexibility index (Phi) is 3.53. The van der Waals surface area contributed by atoms with Crippen LogP contribution in [-0.2, 0) is 4.74 Å². The minimum atomic E-state index is -0.569. The van der Waals surface area contributed by atoms with E-state index in [1.54, 1.807) is 12.4 Å². The molecule has 4 nitrogen and oxygen atoms in total. The molecule has 3 N–H and O–H groups in total. The quantitative estimate of drug-likeness (QED) is 0.796. The summed E-state index contributed by atoms with van der Waals surface area (Å²) in [5.41, 5.74) is 6.35. The van der Waals surface area contributed by atoms with Gasteiger partial charge in [-0.15, -0.1) is 0 Å². The highest BCUT2D eigenvalue weighted by atomic mass is 16.5. The van der Waals surface area contributed by atoms with E-state index in [1.807, 2.05) is 12.1 Å². The average molecular weight is 222 g/mol. The molecule has 16 heavy (non-hydrogen) atoms. The fourth-order valence-electron chi connectivity index (χ4n) is 2.26. The molecular weight excluding hydrogens is 204 g/mol. The van der Waals surface area contributed by atoms with Gasteiger partial charge in [0, 0.05) is 31.0 Å². The standard InChI is InChI=1S/C12H18N2O2/c13-8-12(4-1-7-16-9-12)11(15)10-2-5-14-6-3-10/h2-3,5-6,11,15H,1,4,7-9,13H2. The van der Waals surface area contributed by atoms with Crippen molar-refractivity contribution in [2.45, 2.75) is 18.9 Å². The first kappa shape index (κ1) is 11.5. The van der Waals surface area contributed by atoms with Gasteiger partial charge in [0.15, 0.2) is 0 Å². The molecule has 2 unspecified atom stereocenters. The molecule has 2 atom stereocenters. The first-order valence-electron chi connectivity index (χ1n) is 5.64. The minimum absolute atomic E-state index is 0.334. The third-order valence-corrected chi connectivity index (χ3v) is 3.36. The molecule has 0 bridgehead atoms. The first-order valence-corrected chi connectivity index (χ1v) is 5.64. The number of aliphatic hydroxyl groups excluding tert-OH is 1. The molecule has 0 spiro atoms. The summed E-state index contributed by atoms with van der Waals surface area (Å²) in [6, 6.07) is 3.66. The molecule has 1 aliphatic heterocycles. The number of rotatable bonds is 3. The van der Waals surface area contributed by atoms with E-state index in [4.69, 9.17) is 10.5 Å². The number of nitrogens with two attached hydrogens (primary N) is 1. The Labute approximate surface area is 95.4 Å². The van der Waals surface area contributed by atoms with E-state index in [1.165, 1.54) is 0 Å². The largest absolute Gasteiger partial charge is 0.388 e. The Bertz CT molecular complexity index is 323. The summed E-state index contributed by atoms with van der Waals surface area (Å²) >= 11 is 0. The van der Waals surface area contributed by atoms with Crippen LogP contribution in [0.2, 0.25) is 0 Å². The summed E-state index contributed by atoms with van der Waals surface area (Å²) in [6.07, 6.45) is 4.67. The van der Waals surface area contributed by atoms with Gasteiger partial charge in [-0.1, -0.05) is 0 Å². The summed E-state index contributed by atoms with van der Waals surface area (Å²) in [5.74, 6) is 0. The molecule has 88 valence electrons. The van der Waals surface area contributed by atoms with Gasteiger partial charge >= 0.3 is 0 Å². The Morgan fingerprint density at radius 2 is 2.25 bits per heavy atom. The number of aliphatic hydroxyl groups is 1. The van der Waals surface area contributed by atoms with Crippen LogP contribution in [0.1, 0.15) is 24.5 Å².